The summed E-state index contributed by atoms with van der Waals surface area (Å²) in [4.78, 5) is 25.5. The van der Waals surface area contributed by atoms with E-state index in [1.807, 2.05) is 11.8 Å². The minimum atomic E-state index is -0.743. The first-order valence-electron chi connectivity index (χ1n) is 8.17. The third-order valence-corrected chi connectivity index (χ3v) is 4.91. The zero-order chi connectivity index (χ0) is 15.4. The highest BCUT2D eigenvalue weighted by Gasteiger charge is 2.40. The van der Waals surface area contributed by atoms with E-state index in [1.54, 1.807) is 0 Å². The van der Waals surface area contributed by atoms with Gasteiger partial charge in [0.1, 0.15) is 0 Å². The van der Waals surface area contributed by atoms with Gasteiger partial charge < -0.3 is 14.7 Å². The largest absolute Gasteiger partial charge is 0.481 e. The third-order valence-electron chi connectivity index (χ3n) is 4.91. The number of carbonyl (C=O) groups excluding carboxylic acids is 1. The number of carbonyl (C=O) groups is 2. The number of ether oxygens (including phenoxy) is 1. The van der Waals surface area contributed by atoms with Crippen LogP contribution in [0.2, 0.25) is 0 Å². The molecule has 2 unspecified atom stereocenters. The fourth-order valence-corrected chi connectivity index (χ4v) is 3.66. The molecular weight excluding hydrogens is 270 g/mol. The number of carboxylic acid groups (broad SMARTS) is 1. The molecule has 21 heavy (non-hydrogen) atoms. The van der Waals surface area contributed by atoms with Gasteiger partial charge in [0.25, 0.3) is 0 Å². The molecule has 0 spiro atoms. The van der Waals surface area contributed by atoms with Crippen LogP contribution in [-0.4, -0.2) is 47.7 Å². The van der Waals surface area contributed by atoms with Gasteiger partial charge in [-0.3, -0.25) is 9.59 Å². The van der Waals surface area contributed by atoms with Crippen molar-refractivity contribution < 1.29 is 19.4 Å². The van der Waals surface area contributed by atoms with E-state index in [-0.39, 0.29) is 29.8 Å². The second kappa shape index (κ2) is 7.25. The topological polar surface area (TPSA) is 66.8 Å². The number of aliphatic carboxylic acids is 1. The maximum atomic E-state index is 12.3. The van der Waals surface area contributed by atoms with Crippen LogP contribution in [0.15, 0.2) is 0 Å². The van der Waals surface area contributed by atoms with Gasteiger partial charge in [0.2, 0.25) is 5.91 Å². The molecule has 0 radical (unpaired) electrons. The summed E-state index contributed by atoms with van der Waals surface area (Å²) in [5, 5.41) is 9.24. The molecule has 2 fully saturated rings. The minimum Gasteiger partial charge on any atom is -0.481 e. The van der Waals surface area contributed by atoms with Crippen molar-refractivity contribution >= 4 is 11.9 Å². The van der Waals surface area contributed by atoms with Gasteiger partial charge in [0.05, 0.1) is 12.0 Å². The van der Waals surface area contributed by atoms with Crippen LogP contribution in [-0.2, 0) is 14.3 Å². The van der Waals surface area contributed by atoms with Crippen molar-refractivity contribution in [3.8, 4) is 0 Å². The smallest absolute Gasteiger partial charge is 0.309 e. The zero-order valence-corrected chi connectivity index (χ0v) is 13.1. The lowest BCUT2D eigenvalue weighted by Crippen LogP contribution is -2.44. The molecule has 3 atom stereocenters. The highest BCUT2D eigenvalue weighted by Crippen LogP contribution is 2.33. The number of likely N-dealkylation sites (tertiary alicyclic amines) is 1. The molecule has 2 aliphatic heterocycles. The van der Waals surface area contributed by atoms with Crippen molar-refractivity contribution in [3.05, 3.63) is 0 Å². The molecule has 120 valence electrons. The van der Waals surface area contributed by atoms with Crippen LogP contribution in [0.1, 0.15) is 46.0 Å². The van der Waals surface area contributed by atoms with Crippen LogP contribution in [0.25, 0.3) is 0 Å². The van der Waals surface area contributed by atoms with Crippen LogP contribution in [0.5, 0.6) is 0 Å². The first kappa shape index (κ1) is 16.3. The Bertz CT molecular complexity index is 376. The van der Waals surface area contributed by atoms with Crippen LogP contribution in [0.3, 0.4) is 0 Å². The molecule has 2 rings (SSSR count). The quantitative estimate of drug-likeness (QED) is 0.844. The summed E-state index contributed by atoms with van der Waals surface area (Å²) in [6.45, 7) is 6.12. The summed E-state index contributed by atoms with van der Waals surface area (Å²) in [7, 11) is 0. The highest BCUT2D eigenvalue weighted by atomic mass is 16.5. The van der Waals surface area contributed by atoms with Gasteiger partial charge in [-0.2, -0.15) is 0 Å². The summed E-state index contributed by atoms with van der Waals surface area (Å²) < 4.78 is 5.66. The number of carboxylic acids is 1. The standard InChI is InChI=1S/C16H27NO4/c1-3-4-11(2)15(18)17-8-5-12(6-9-17)14-13(16(19)20)7-10-21-14/h11-14H,3-10H2,1-2H3,(H,19,20)/t11?,13?,14-/m0/s1. The van der Waals surface area contributed by atoms with Crippen molar-refractivity contribution in [2.45, 2.75) is 52.1 Å². The van der Waals surface area contributed by atoms with Gasteiger partial charge in [0.15, 0.2) is 0 Å². The van der Waals surface area contributed by atoms with E-state index in [0.717, 1.165) is 38.8 Å². The van der Waals surface area contributed by atoms with Gasteiger partial charge in [0, 0.05) is 25.6 Å². The Balaban J connectivity index is 1.85. The first-order valence-corrected chi connectivity index (χ1v) is 8.17. The fraction of sp³-hybridized carbons (Fsp3) is 0.875. The summed E-state index contributed by atoms with van der Waals surface area (Å²) in [5.41, 5.74) is 0. The molecule has 5 heteroatoms. The summed E-state index contributed by atoms with van der Waals surface area (Å²) in [5.74, 6) is -0.485. The fourth-order valence-electron chi connectivity index (χ4n) is 3.66. The summed E-state index contributed by atoms with van der Waals surface area (Å²) in [6.07, 6.45) is 4.14. The molecule has 2 saturated heterocycles. The number of piperidine rings is 1. The molecule has 5 nitrogen and oxygen atoms in total. The van der Waals surface area contributed by atoms with Gasteiger partial charge >= 0.3 is 5.97 Å². The molecule has 1 N–H and O–H groups in total. The van der Waals surface area contributed by atoms with E-state index >= 15 is 0 Å². The van der Waals surface area contributed by atoms with Crippen molar-refractivity contribution in [2.24, 2.45) is 17.8 Å². The number of hydrogen-bond donors (Lipinski definition) is 1. The van der Waals surface area contributed by atoms with E-state index < -0.39 is 5.97 Å². The average Bonchev–Trinajstić information content (AvgIpc) is 2.96. The lowest BCUT2D eigenvalue weighted by molar-refractivity contribution is -0.146. The molecule has 2 heterocycles. The monoisotopic (exact) mass is 297 g/mol. The Morgan fingerprint density at radius 2 is 1.95 bits per heavy atom. The van der Waals surface area contributed by atoms with Crippen LogP contribution < -0.4 is 0 Å². The van der Waals surface area contributed by atoms with Gasteiger partial charge in [-0.05, 0) is 31.6 Å². The maximum Gasteiger partial charge on any atom is 0.309 e. The van der Waals surface area contributed by atoms with E-state index in [1.165, 1.54) is 0 Å². The summed E-state index contributed by atoms with van der Waals surface area (Å²) >= 11 is 0. The normalized spacial score (nSPS) is 28.6. The molecule has 0 saturated carbocycles. The molecule has 0 aliphatic carbocycles. The van der Waals surface area contributed by atoms with Gasteiger partial charge in [-0.15, -0.1) is 0 Å². The molecule has 1 amide bonds. The van der Waals surface area contributed by atoms with Crippen molar-refractivity contribution in [1.29, 1.82) is 0 Å². The number of nitrogens with zero attached hydrogens (tertiary/aromatic N) is 1. The van der Waals surface area contributed by atoms with Crippen molar-refractivity contribution in [2.75, 3.05) is 19.7 Å². The molecule has 0 aromatic carbocycles. The maximum absolute atomic E-state index is 12.3. The Hall–Kier alpha value is -1.10. The molecule has 0 bridgehead atoms. The summed E-state index contributed by atoms with van der Waals surface area (Å²) in [6, 6.07) is 0. The third kappa shape index (κ3) is 3.76. The zero-order valence-electron chi connectivity index (χ0n) is 13.1. The van der Waals surface area contributed by atoms with Crippen molar-refractivity contribution in [1.82, 2.24) is 4.90 Å². The predicted octanol–water partition coefficient (Wildman–Crippen LogP) is 2.15. The van der Waals surface area contributed by atoms with E-state index in [2.05, 4.69) is 6.92 Å². The number of hydrogen-bond acceptors (Lipinski definition) is 3. The second-order valence-corrected chi connectivity index (χ2v) is 6.42. The lowest BCUT2D eigenvalue weighted by Gasteiger charge is -2.36. The Morgan fingerprint density at radius 3 is 2.52 bits per heavy atom. The van der Waals surface area contributed by atoms with Crippen LogP contribution >= 0.6 is 0 Å². The van der Waals surface area contributed by atoms with Crippen LogP contribution in [0.4, 0.5) is 0 Å². The Labute approximate surface area is 126 Å². The lowest BCUT2D eigenvalue weighted by atomic mass is 9.84. The average molecular weight is 297 g/mol. The van der Waals surface area contributed by atoms with Gasteiger partial charge in [-0.1, -0.05) is 20.3 Å². The van der Waals surface area contributed by atoms with E-state index in [0.29, 0.717) is 13.0 Å². The van der Waals surface area contributed by atoms with Crippen LogP contribution in [0, 0.1) is 17.8 Å². The predicted molar refractivity (Wildman–Crippen MR) is 78.9 cm³/mol. The number of rotatable bonds is 5. The van der Waals surface area contributed by atoms with Crippen molar-refractivity contribution in [3.63, 3.8) is 0 Å². The first-order chi connectivity index (χ1) is 10.0. The molecule has 2 aliphatic rings. The molecular formula is C16H27NO4. The number of amides is 1. The Morgan fingerprint density at radius 1 is 1.29 bits per heavy atom. The molecule has 0 aromatic rings. The van der Waals surface area contributed by atoms with E-state index in [4.69, 9.17) is 4.74 Å². The SMILES string of the molecule is CCCC(C)C(=O)N1CCC([C@@H]2OCCC2C(=O)O)CC1. The molecule has 0 aromatic heterocycles. The van der Waals surface area contributed by atoms with Gasteiger partial charge in [-0.25, -0.2) is 0 Å². The minimum absolute atomic E-state index is 0.0982. The Kier molecular flexibility index (Phi) is 5.62. The van der Waals surface area contributed by atoms with E-state index in [9.17, 15) is 14.7 Å². The second-order valence-electron chi connectivity index (χ2n) is 6.42. The highest BCUT2D eigenvalue weighted by molar-refractivity contribution is 5.78.